The quantitative estimate of drug-likeness (QED) is 0.917. The standard InChI is InChI=1S/C14H12ClFN2O2S/c15-12-6-5-11(21-12)14(20)18(8-7-13(17)19)10-3-1-9(16)2-4-10/h1-6H,7-8H2,(H2,17,19). The molecular formula is C14H12ClFN2O2S. The lowest BCUT2D eigenvalue weighted by Gasteiger charge is -2.21. The Bertz CT molecular complexity index is 657. The van der Waals surface area contributed by atoms with Crippen molar-refractivity contribution >= 4 is 40.4 Å². The maximum atomic E-state index is 13.0. The number of nitrogens with zero attached hydrogens (tertiary/aromatic N) is 1. The van der Waals surface area contributed by atoms with Gasteiger partial charge in [-0.3, -0.25) is 9.59 Å². The van der Waals surface area contributed by atoms with Crippen LogP contribution in [0.4, 0.5) is 10.1 Å². The van der Waals surface area contributed by atoms with E-state index in [1.807, 2.05) is 0 Å². The van der Waals surface area contributed by atoms with E-state index in [0.29, 0.717) is 14.9 Å². The molecule has 2 rings (SSSR count). The van der Waals surface area contributed by atoms with E-state index in [9.17, 15) is 14.0 Å². The first-order chi connectivity index (χ1) is 9.97. The van der Waals surface area contributed by atoms with Gasteiger partial charge in [-0.05, 0) is 36.4 Å². The number of nitrogens with two attached hydrogens (primary N) is 1. The predicted octanol–water partition coefficient (Wildman–Crippen LogP) is 3.06. The Balaban J connectivity index is 2.28. The first-order valence-corrected chi connectivity index (χ1v) is 7.28. The van der Waals surface area contributed by atoms with Gasteiger partial charge in [0.05, 0.1) is 9.21 Å². The van der Waals surface area contributed by atoms with Crippen molar-refractivity contribution in [1.29, 1.82) is 0 Å². The summed E-state index contributed by atoms with van der Waals surface area (Å²) in [4.78, 5) is 25.3. The number of carbonyl (C=O) groups is 2. The Hall–Kier alpha value is -1.92. The summed E-state index contributed by atoms with van der Waals surface area (Å²) >= 11 is 6.97. The van der Waals surface area contributed by atoms with Crippen LogP contribution in [0.3, 0.4) is 0 Å². The Morgan fingerprint density at radius 1 is 1.19 bits per heavy atom. The van der Waals surface area contributed by atoms with Crippen LogP contribution in [0.5, 0.6) is 0 Å². The molecule has 21 heavy (non-hydrogen) atoms. The maximum Gasteiger partial charge on any atom is 0.268 e. The molecule has 2 amide bonds. The van der Waals surface area contributed by atoms with Crippen molar-refractivity contribution in [2.24, 2.45) is 5.73 Å². The molecule has 4 nitrogen and oxygen atoms in total. The summed E-state index contributed by atoms with van der Waals surface area (Å²) in [6.45, 7) is 0.120. The van der Waals surface area contributed by atoms with E-state index < -0.39 is 11.7 Å². The molecule has 0 bridgehead atoms. The van der Waals surface area contributed by atoms with Gasteiger partial charge in [-0.2, -0.15) is 0 Å². The summed E-state index contributed by atoms with van der Waals surface area (Å²) < 4.78 is 13.5. The van der Waals surface area contributed by atoms with E-state index >= 15 is 0 Å². The van der Waals surface area contributed by atoms with Crippen molar-refractivity contribution in [2.75, 3.05) is 11.4 Å². The molecule has 0 unspecified atom stereocenters. The topological polar surface area (TPSA) is 63.4 Å². The Morgan fingerprint density at radius 3 is 2.38 bits per heavy atom. The summed E-state index contributed by atoms with van der Waals surface area (Å²) in [5.74, 6) is -1.22. The van der Waals surface area contributed by atoms with Crippen molar-refractivity contribution in [2.45, 2.75) is 6.42 Å². The first-order valence-electron chi connectivity index (χ1n) is 6.08. The zero-order valence-corrected chi connectivity index (χ0v) is 12.5. The molecule has 2 aromatic rings. The summed E-state index contributed by atoms with van der Waals surface area (Å²) in [6.07, 6.45) is 0.0161. The fourth-order valence-corrected chi connectivity index (χ4v) is 2.75. The van der Waals surface area contributed by atoms with E-state index in [4.69, 9.17) is 17.3 Å². The van der Waals surface area contributed by atoms with Crippen LogP contribution >= 0.6 is 22.9 Å². The summed E-state index contributed by atoms with van der Waals surface area (Å²) in [6, 6.07) is 8.68. The molecule has 2 N–H and O–H groups in total. The van der Waals surface area contributed by atoms with Gasteiger partial charge in [-0.15, -0.1) is 11.3 Å². The SMILES string of the molecule is NC(=O)CCN(C(=O)c1ccc(Cl)s1)c1ccc(F)cc1. The molecule has 0 aliphatic heterocycles. The van der Waals surface area contributed by atoms with Gasteiger partial charge in [-0.25, -0.2) is 4.39 Å². The van der Waals surface area contributed by atoms with Crippen LogP contribution in [0, 0.1) is 5.82 Å². The minimum Gasteiger partial charge on any atom is -0.370 e. The zero-order chi connectivity index (χ0) is 15.4. The monoisotopic (exact) mass is 326 g/mol. The molecule has 110 valence electrons. The number of anilines is 1. The largest absolute Gasteiger partial charge is 0.370 e. The highest BCUT2D eigenvalue weighted by Gasteiger charge is 2.20. The number of thiophene rings is 1. The lowest BCUT2D eigenvalue weighted by Crippen LogP contribution is -2.33. The third-order valence-corrected chi connectivity index (χ3v) is 3.97. The molecule has 0 saturated carbocycles. The number of rotatable bonds is 5. The second-order valence-corrected chi connectivity index (χ2v) is 5.97. The number of primary amides is 1. The summed E-state index contributed by atoms with van der Waals surface area (Å²) in [7, 11) is 0. The third-order valence-electron chi connectivity index (χ3n) is 2.75. The second-order valence-electron chi connectivity index (χ2n) is 4.25. The molecule has 7 heteroatoms. The third kappa shape index (κ3) is 4.03. The van der Waals surface area contributed by atoms with Gasteiger partial charge in [0, 0.05) is 18.7 Å². The van der Waals surface area contributed by atoms with Crippen molar-refractivity contribution in [3.8, 4) is 0 Å². The van der Waals surface area contributed by atoms with Crippen LogP contribution in [0.25, 0.3) is 0 Å². The molecule has 0 spiro atoms. The molecule has 0 radical (unpaired) electrons. The number of carbonyl (C=O) groups excluding carboxylic acids is 2. The number of amides is 2. The molecule has 1 aromatic heterocycles. The van der Waals surface area contributed by atoms with Crippen LogP contribution in [0.1, 0.15) is 16.1 Å². The maximum absolute atomic E-state index is 13.0. The van der Waals surface area contributed by atoms with E-state index in [0.717, 1.165) is 11.3 Å². The minimum absolute atomic E-state index is 0.0161. The molecule has 0 aliphatic rings. The summed E-state index contributed by atoms with van der Waals surface area (Å²) in [5.41, 5.74) is 5.62. The van der Waals surface area contributed by atoms with Crippen LogP contribution < -0.4 is 10.6 Å². The van der Waals surface area contributed by atoms with Gasteiger partial charge in [-0.1, -0.05) is 11.6 Å². The van der Waals surface area contributed by atoms with Gasteiger partial charge in [0.15, 0.2) is 0 Å². The van der Waals surface area contributed by atoms with Gasteiger partial charge in [0.1, 0.15) is 5.82 Å². The van der Waals surface area contributed by atoms with Crippen molar-refractivity contribution in [1.82, 2.24) is 0 Å². The molecule has 0 fully saturated rings. The molecular weight excluding hydrogens is 315 g/mol. The minimum atomic E-state index is -0.515. The highest BCUT2D eigenvalue weighted by Crippen LogP contribution is 2.25. The van der Waals surface area contributed by atoms with Gasteiger partial charge < -0.3 is 10.6 Å². The lowest BCUT2D eigenvalue weighted by atomic mass is 10.2. The molecule has 0 saturated heterocycles. The highest BCUT2D eigenvalue weighted by molar-refractivity contribution is 7.18. The average Bonchev–Trinajstić information content (AvgIpc) is 2.87. The highest BCUT2D eigenvalue weighted by atomic mass is 35.5. The van der Waals surface area contributed by atoms with Crippen molar-refractivity contribution < 1.29 is 14.0 Å². The number of benzene rings is 1. The van der Waals surface area contributed by atoms with Gasteiger partial charge in [0.2, 0.25) is 5.91 Å². The summed E-state index contributed by atoms with van der Waals surface area (Å²) in [5, 5.41) is 0. The normalized spacial score (nSPS) is 10.4. The fraction of sp³-hybridized carbons (Fsp3) is 0.143. The van der Waals surface area contributed by atoms with Crippen molar-refractivity contribution in [3.05, 3.63) is 51.4 Å². The molecule has 0 atom stereocenters. The van der Waals surface area contributed by atoms with Crippen molar-refractivity contribution in [3.63, 3.8) is 0 Å². The molecule has 1 aromatic carbocycles. The molecule has 1 heterocycles. The first kappa shape index (κ1) is 15.5. The van der Waals surface area contributed by atoms with E-state index in [1.54, 1.807) is 12.1 Å². The number of halogens is 2. The second kappa shape index (κ2) is 6.69. The Morgan fingerprint density at radius 2 is 1.86 bits per heavy atom. The smallest absolute Gasteiger partial charge is 0.268 e. The van der Waals surface area contributed by atoms with E-state index in [-0.39, 0.29) is 18.9 Å². The van der Waals surface area contributed by atoms with Crippen LogP contribution in [0.2, 0.25) is 4.34 Å². The van der Waals surface area contributed by atoms with E-state index in [1.165, 1.54) is 29.2 Å². The van der Waals surface area contributed by atoms with Crippen LogP contribution in [-0.2, 0) is 4.79 Å². The van der Waals surface area contributed by atoms with Gasteiger partial charge >= 0.3 is 0 Å². The zero-order valence-electron chi connectivity index (χ0n) is 10.9. The average molecular weight is 327 g/mol. The van der Waals surface area contributed by atoms with Crippen LogP contribution in [-0.4, -0.2) is 18.4 Å². The fourth-order valence-electron chi connectivity index (χ4n) is 1.75. The Kier molecular flexibility index (Phi) is 4.93. The Labute approximate surface area is 129 Å². The van der Waals surface area contributed by atoms with E-state index in [2.05, 4.69) is 0 Å². The van der Waals surface area contributed by atoms with Crippen LogP contribution in [0.15, 0.2) is 36.4 Å². The van der Waals surface area contributed by atoms with Gasteiger partial charge in [0.25, 0.3) is 5.91 Å². The predicted molar refractivity (Wildman–Crippen MR) is 81.2 cm³/mol. The number of hydrogen-bond donors (Lipinski definition) is 1. The lowest BCUT2D eigenvalue weighted by molar-refractivity contribution is -0.117. The number of hydrogen-bond acceptors (Lipinski definition) is 3. The molecule has 0 aliphatic carbocycles.